The van der Waals surface area contributed by atoms with Crippen LogP contribution in [0.1, 0.15) is 18.4 Å². The molecular weight excluding hydrogens is 258 g/mol. The SMILES string of the molecule is O=C(O)CCCS(=O)Cc1ccc([N+](=O)[O-])cc1. The van der Waals surface area contributed by atoms with Gasteiger partial charge in [-0.25, -0.2) is 0 Å². The number of carboxylic acid groups (broad SMARTS) is 1. The van der Waals surface area contributed by atoms with Crippen molar-refractivity contribution in [3.05, 3.63) is 39.9 Å². The molecule has 98 valence electrons. The molecule has 0 amide bonds. The van der Waals surface area contributed by atoms with Crippen LogP contribution >= 0.6 is 0 Å². The summed E-state index contributed by atoms with van der Waals surface area (Å²) in [7, 11) is -1.14. The van der Waals surface area contributed by atoms with Crippen molar-refractivity contribution in [1.82, 2.24) is 0 Å². The Kier molecular flexibility index (Phi) is 5.44. The standard InChI is InChI=1S/C11H13NO5S/c13-11(14)2-1-7-18(17)8-9-3-5-10(6-4-9)12(15)16/h3-6H,1-2,7-8H2,(H,13,14). The first-order chi connectivity index (χ1) is 8.49. The minimum atomic E-state index is -1.14. The maximum atomic E-state index is 11.6. The molecule has 0 heterocycles. The van der Waals surface area contributed by atoms with E-state index in [0.717, 1.165) is 5.56 Å². The smallest absolute Gasteiger partial charge is 0.303 e. The molecule has 0 saturated heterocycles. The van der Waals surface area contributed by atoms with Crippen molar-refractivity contribution < 1.29 is 19.0 Å². The Morgan fingerprint density at radius 3 is 2.44 bits per heavy atom. The zero-order valence-electron chi connectivity index (χ0n) is 9.57. The van der Waals surface area contributed by atoms with Gasteiger partial charge in [-0.1, -0.05) is 12.1 Å². The van der Waals surface area contributed by atoms with Gasteiger partial charge in [0.25, 0.3) is 5.69 Å². The van der Waals surface area contributed by atoms with Gasteiger partial charge in [0.05, 0.1) is 4.92 Å². The van der Waals surface area contributed by atoms with E-state index < -0.39 is 21.7 Å². The van der Waals surface area contributed by atoms with E-state index in [-0.39, 0.29) is 17.9 Å². The second kappa shape index (κ2) is 6.85. The molecule has 0 aliphatic rings. The maximum absolute atomic E-state index is 11.6. The third-order valence-electron chi connectivity index (χ3n) is 2.24. The molecule has 1 aromatic rings. The molecule has 0 spiro atoms. The lowest BCUT2D eigenvalue weighted by Crippen LogP contribution is -2.04. The molecule has 1 N–H and O–H groups in total. The van der Waals surface area contributed by atoms with Gasteiger partial charge in [0.2, 0.25) is 0 Å². The Labute approximate surface area is 106 Å². The fourth-order valence-electron chi connectivity index (χ4n) is 1.36. The van der Waals surface area contributed by atoms with Gasteiger partial charge < -0.3 is 5.11 Å². The summed E-state index contributed by atoms with van der Waals surface area (Å²) in [5.41, 5.74) is 0.740. The van der Waals surface area contributed by atoms with E-state index in [4.69, 9.17) is 5.11 Å². The van der Waals surface area contributed by atoms with Crippen molar-refractivity contribution >= 4 is 22.5 Å². The van der Waals surface area contributed by atoms with E-state index in [9.17, 15) is 19.1 Å². The summed E-state index contributed by atoms with van der Waals surface area (Å²) in [5, 5.41) is 18.9. The quantitative estimate of drug-likeness (QED) is 0.601. The van der Waals surface area contributed by atoms with Gasteiger partial charge in [0, 0.05) is 40.9 Å². The summed E-state index contributed by atoms with van der Waals surface area (Å²) in [6.45, 7) is 0. The number of nitro groups is 1. The molecule has 1 unspecified atom stereocenters. The van der Waals surface area contributed by atoms with Gasteiger partial charge in [0.1, 0.15) is 0 Å². The van der Waals surface area contributed by atoms with E-state index >= 15 is 0 Å². The van der Waals surface area contributed by atoms with Crippen molar-refractivity contribution in [3.8, 4) is 0 Å². The molecule has 18 heavy (non-hydrogen) atoms. The molecule has 6 nitrogen and oxygen atoms in total. The number of hydrogen-bond donors (Lipinski definition) is 1. The zero-order valence-corrected chi connectivity index (χ0v) is 10.4. The monoisotopic (exact) mass is 271 g/mol. The highest BCUT2D eigenvalue weighted by atomic mass is 32.2. The highest BCUT2D eigenvalue weighted by Gasteiger charge is 2.07. The minimum Gasteiger partial charge on any atom is -0.481 e. The molecule has 7 heteroatoms. The molecule has 0 aliphatic carbocycles. The lowest BCUT2D eigenvalue weighted by Gasteiger charge is -2.01. The highest BCUT2D eigenvalue weighted by Crippen LogP contribution is 2.13. The number of nitro benzene ring substituents is 1. The number of benzene rings is 1. The number of carbonyl (C=O) groups is 1. The van der Waals surface area contributed by atoms with E-state index in [2.05, 4.69) is 0 Å². The van der Waals surface area contributed by atoms with Crippen molar-refractivity contribution in [2.45, 2.75) is 18.6 Å². The lowest BCUT2D eigenvalue weighted by atomic mass is 10.2. The molecule has 1 rings (SSSR count). The van der Waals surface area contributed by atoms with Crippen LogP contribution in [-0.2, 0) is 21.3 Å². The van der Waals surface area contributed by atoms with Crippen LogP contribution in [0.25, 0.3) is 0 Å². The number of carboxylic acids is 1. The summed E-state index contributed by atoms with van der Waals surface area (Å²) in [5.74, 6) is -0.289. The van der Waals surface area contributed by atoms with E-state index in [0.29, 0.717) is 12.2 Å². The number of hydrogen-bond acceptors (Lipinski definition) is 4. The van der Waals surface area contributed by atoms with Crippen LogP contribution in [0, 0.1) is 10.1 Å². The Morgan fingerprint density at radius 2 is 1.94 bits per heavy atom. The second-order valence-electron chi connectivity index (χ2n) is 3.71. The van der Waals surface area contributed by atoms with Crippen molar-refractivity contribution in [3.63, 3.8) is 0 Å². The number of non-ortho nitro benzene ring substituents is 1. The van der Waals surface area contributed by atoms with Crippen molar-refractivity contribution in [2.75, 3.05) is 5.75 Å². The largest absolute Gasteiger partial charge is 0.481 e. The Bertz CT molecular complexity index is 457. The minimum absolute atomic E-state index is 0.00425. The molecule has 0 aliphatic heterocycles. The fourth-order valence-corrected chi connectivity index (χ4v) is 2.53. The summed E-state index contributed by atoms with van der Waals surface area (Å²) < 4.78 is 11.6. The zero-order chi connectivity index (χ0) is 13.5. The third kappa shape index (κ3) is 5.05. The molecule has 0 radical (unpaired) electrons. The van der Waals surface area contributed by atoms with Crippen LogP contribution in [0.15, 0.2) is 24.3 Å². The Hall–Kier alpha value is -1.76. The predicted molar refractivity (Wildman–Crippen MR) is 66.7 cm³/mol. The molecule has 0 fully saturated rings. The summed E-state index contributed by atoms with van der Waals surface area (Å²) in [4.78, 5) is 20.2. The van der Waals surface area contributed by atoms with E-state index in [1.807, 2.05) is 0 Å². The molecule has 0 saturated carbocycles. The van der Waals surface area contributed by atoms with Crippen LogP contribution in [0.4, 0.5) is 5.69 Å². The Morgan fingerprint density at radius 1 is 1.33 bits per heavy atom. The molecule has 1 aromatic carbocycles. The Balaban J connectivity index is 2.44. The van der Waals surface area contributed by atoms with Crippen LogP contribution in [0.2, 0.25) is 0 Å². The average Bonchev–Trinajstić information content (AvgIpc) is 2.29. The predicted octanol–water partition coefficient (Wildman–Crippen LogP) is 1.71. The summed E-state index contributed by atoms with van der Waals surface area (Å²) in [6, 6.07) is 5.86. The third-order valence-corrected chi connectivity index (χ3v) is 3.64. The summed E-state index contributed by atoms with van der Waals surface area (Å²) >= 11 is 0. The number of aliphatic carboxylic acids is 1. The van der Waals surface area contributed by atoms with Crippen molar-refractivity contribution in [2.24, 2.45) is 0 Å². The number of nitrogens with zero attached hydrogens (tertiary/aromatic N) is 1. The van der Waals surface area contributed by atoms with Gasteiger partial charge in [-0.2, -0.15) is 0 Å². The van der Waals surface area contributed by atoms with Crippen molar-refractivity contribution in [1.29, 1.82) is 0 Å². The van der Waals surface area contributed by atoms with E-state index in [1.165, 1.54) is 12.1 Å². The normalized spacial score (nSPS) is 12.0. The van der Waals surface area contributed by atoms with Crippen LogP contribution in [0.3, 0.4) is 0 Å². The number of rotatable bonds is 7. The van der Waals surface area contributed by atoms with Gasteiger partial charge in [-0.15, -0.1) is 0 Å². The first-order valence-electron chi connectivity index (χ1n) is 5.29. The van der Waals surface area contributed by atoms with Crippen LogP contribution in [-0.4, -0.2) is 26.0 Å². The topological polar surface area (TPSA) is 97.5 Å². The molecule has 0 bridgehead atoms. The average molecular weight is 271 g/mol. The first kappa shape index (κ1) is 14.3. The molecular formula is C11H13NO5S. The second-order valence-corrected chi connectivity index (χ2v) is 5.29. The van der Waals surface area contributed by atoms with Gasteiger partial charge in [-0.05, 0) is 12.0 Å². The van der Waals surface area contributed by atoms with Gasteiger partial charge in [-0.3, -0.25) is 19.1 Å². The first-order valence-corrected chi connectivity index (χ1v) is 6.78. The fraction of sp³-hybridized carbons (Fsp3) is 0.364. The summed E-state index contributed by atoms with van der Waals surface area (Å²) in [6.07, 6.45) is 0.376. The van der Waals surface area contributed by atoms with E-state index in [1.54, 1.807) is 12.1 Å². The van der Waals surface area contributed by atoms with Gasteiger partial charge >= 0.3 is 5.97 Å². The highest BCUT2D eigenvalue weighted by molar-refractivity contribution is 7.84. The maximum Gasteiger partial charge on any atom is 0.303 e. The molecule has 0 aromatic heterocycles. The van der Waals surface area contributed by atoms with Gasteiger partial charge in [0.15, 0.2) is 0 Å². The van der Waals surface area contributed by atoms with Crippen LogP contribution in [0.5, 0.6) is 0 Å². The molecule has 1 atom stereocenters. The lowest BCUT2D eigenvalue weighted by molar-refractivity contribution is -0.384. The van der Waals surface area contributed by atoms with Crippen LogP contribution < -0.4 is 0 Å².